The van der Waals surface area contributed by atoms with E-state index >= 15 is 0 Å². The Labute approximate surface area is 181 Å². The van der Waals surface area contributed by atoms with Crippen molar-refractivity contribution in [3.8, 4) is 5.75 Å². The third-order valence-electron chi connectivity index (χ3n) is 3.76. The topological polar surface area (TPSA) is 50.7 Å². The van der Waals surface area contributed by atoms with Crippen molar-refractivity contribution in [3.05, 3.63) is 97.9 Å². The Morgan fingerprint density at radius 3 is 2.54 bits per heavy atom. The van der Waals surface area contributed by atoms with E-state index in [4.69, 9.17) is 27.9 Å². The summed E-state index contributed by atoms with van der Waals surface area (Å²) in [6.07, 6.45) is 1.54. The lowest BCUT2D eigenvalue weighted by Gasteiger charge is -2.09. The van der Waals surface area contributed by atoms with Gasteiger partial charge in [-0.1, -0.05) is 47.5 Å². The summed E-state index contributed by atoms with van der Waals surface area (Å²) in [7, 11) is 0. The third-order valence-corrected chi connectivity index (χ3v) is 4.96. The van der Waals surface area contributed by atoms with Gasteiger partial charge in [0.15, 0.2) is 0 Å². The molecule has 142 valence electrons. The van der Waals surface area contributed by atoms with Gasteiger partial charge in [0.05, 0.1) is 21.3 Å². The quantitative estimate of drug-likeness (QED) is 0.344. The number of nitrogens with one attached hydrogen (secondary N) is 1. The summed E-state index contributed by atoms with van der Waals surface area (Å²) in [5.74, 6) is 0.330. The SMILES string of the molecule is O=C(N/N=C\c1ccc(OCc2ccc(Cl)cc2)c(Br)c1)c1ccccc1Cl. The van der Waals surface area contributed by atoms with Crippen LogP contribution in [0.4, 0.5) is 0 Å². The lowest BCUT2D eigenvalue weighted by Crippen LogP contribution is -2.17. The summed E-state index contributed by atoms with van der Waals surface area (Å²) in [5, 5.41) is 5.04. The lowest BCUT2D eigenvalue weighted by molar-refractivity contribution is 0.0955. The highest BCUT2D eigenvalue weighted by molar-refractivity contribution is 9.10. The van der Waals surface area contributed by atoms with Crippen LogP contribution >= 0.6 is 39.1 Å². The Bertz CT molecular complexity index is 1010. The fraction of sp³-hybridized carbons (Fsp3) is 0.0476. The maximum atomic E-state index is 12.1. The zero-order valence-corrected chi connectivity index (χ0v) is 17.6. The number of amides is 1. The number of benzene rings is 3. The molecule has 7 heteroatoms. The molecule has 0 fully saturated rings. The molecule has 0 saturated heterocycles. The van der Waals surface area contributed by atoms with Gasteiger partial charge in [-0.15, -0.1) is 0 Å². The average Bonchev–Trinajstić information content (AvgIpc) is 2.69. The number of ether oxygens (including phenoxy) is 1. The van der Waals surface area contributed by atoms with Gasteiger partial charge >= 0.3 is 0 Å². The number of hydrazone groups is 1. The Hall–Kier alpha value is -2.34. The molecule has 0 aromatic heterocycles. The van der Waals surface area contributed by atoms with Crippen molar-refractivity contribution in [1.82, 2.24) is 5.43 Å². The average molecular weight is 478 g/mol. The fourth-order valence-corrected chi connectivity index (χ4v) is 3.19. The molecule has 1 N–H and O–H groups in total. The first-order valence-corrected chi connectivity index (χ1v) is 9.82. The molecule has 0 radical (unpaired) electrons. The maximum Gasteiger partial charge on any atom is 0.272 e. The highest BCUT2D eigenvalue weighted by atomic mass is 79.9. The molecule has 0 spiro atoms. The number of nitrogens with zero attached hydrogens (tertiary/aromatic N) is 1. The molecular weight excluding hydrogens is 463 g/mol. The minimum Gasteiger partial charge on any atom is -0.488 e. The van der Waals surface area contributed by atoms with Gasteiger partial charge in [0.2, 0.25) is 0 Å². The van der Waals surface area contributed by atoms with E-state index in [2.05, 4.69) is 26.5 Å². The van der Waals surface area contributed by atoms with E-state index < -0.39 is 0 Å². The molecule has 0 bridgehead atoms. The molecule has 0 heterocycles. The molecule has 0 aliphatic rings. The minimum atomic E-state index is -0.371. The molecule has 3 aromatic rings. The largest absolute Gasteiger partial charge is 0.488 e. The molecule has 0 aliphatic carbocycles. The smallest absolute Gasteiger partial charge is 0.272 e. The molecule has 0 saturated carbocycles. The summed E-state index contributed by atoms with van der Waals surface area (Å²) in [4.78, 5) is 12.1. The molecule has 0 aliphatic heterocycles. The van der Waals surface area contributed by atoms with Gasteiger partial charge in [-0.05, 0) is 69.5 Å². The molecule has 3 aromatic carbocycles. The summed E-state index contributed by atoms with van der Waals surface area (Å²) in [6, 6.07) is 19.8. The van der Waals surface area contributed by atoms with Gasteiger partial charge in [0.25, 0.3) is 5.91 Å². The number of carbonyl (C=O) groups is 1. The van der Waals surface area contributed by atoms with E-state index in [0.29, 0.717) is 28.0 Å². The lowest BCUT2D eigenvalue weighted by atomic mass is 10.2. The zero-order chi connectivity index (χ0) is 19.9. The number of halogens is 3. The van der Waals surface area contributed by atoms with Crippen molar-refractivity contribution in [2.75, 3.05) is 0 Å². The predicted molar refractivity (Wildman–Crippen MR) is 116 cm³/mol. The van der Waals surface area contributed by atoms with E-state index in [1.165, 1.54) is 0 Å². The van der Waals surface area contributed by atoms with Crippen LogP contribution in [0.3, 0.4) is 0 Å². The monoisotopic (exact) mass is 476 g/mol. The second-order valence-electron chi connectivity index (χ2n) is 5.78. The van der Waals surface area contributed by atoms with Crippen LogP contribution < -0.4 is 10.2 Å². The number of hydrogen-bond donors (Lipinski definition) is 1. The van der Waals surface area contributed by atoms with Crippen LogP contribution in [0.25, 0.3) is 0 Å². The van der Waals surface area contributed by atoms with Crippen molar-refractivity contribution >= 4 is 51.3 Å². The Morgan fingerprint density at radius 1 is 1.07 bits per heavy atom. The van der Waals surface area contributed by atoms with Crippen LogP contribution in [0.5, 0.6) is 5.75 Å². The van der Waals surface area contributed by atoms with Crippen molar-refractivity contribution in [2.24, 2.45) is 5.10 Å². The van der Waals surface area contributed by atoms with E-state index in [-0.39, 0.29) is 5.91 Å². The van der Waals surface area contributed by atoms with Gasteiger partial charge in [-0.2, -0.15) is 5.10 Å². The predicted octanol–water partition coefficient (Wildman–Crippen LogP) is 6.10. The summed E-state index contributed by atoms with van der Waals surface area (Å²) < 4.78 is 6.59. The van der Waals surface area contributed by atoms with Crippen molar-refractivity contribution < 1.29 is 9.53 Å². The highest BCUT2D eigenvalue weighted by Crippen LogP contribution is 2.26. The second-order valence-corrected chi connectivity index (χ2v) is 7.48. The van der Waals surface area contributed by atoms with Gasteiger partial charge in [0.1, 0.15) is 12.4 Å². The summed E-state index contributed by atoms with van der Waals surface area (Å²) in [6.45, 7) is 0.428. The molecule has 1 amide bonds. The maximum absolute atomic E-state index is 12.1. The molecule has 28 heavy (non-hydrogen) atoms. The molecule has 4 nitrogen and oxygen atoms in total. The molecule has 0 atom stereocenters. The normalized spacial score (nSPS) is 10.8. The van der Waals surface area contributed by atoms with E-state index in [0.717, 1.165) is 15.6 Å². The number of carbonyl (C=O) groups excluding carboxylic acids is 1. The van der Waals surface area contributed by atoms with Crippen molar-refractivity contribution in [1.29, 1.82) is 0 Å². The Morgan fingerprint density at radius 2 is 1.82 bits per heavy atom. The van der Waals surface area contributed by atoms with Gasteiger partial charge < -0.3 is 4.74 Å². The minimum absolute atomic E-state index is 0.369. The van der Waals surface area contributed by atoms with Crippen molar-refractivity contribution in [3.63, 3.8) is 0 Å². The van der Waals surface area contributed by atoms with Gasteiger partial charge in [0, 0.05) is 5.02 Å². The molecular formula is C21H15BrCl2N2O2. The van der Waals surface area contributed by atoms with E-state index in [1.54, 1.807) is 30.5 Å². The first-order chi connectivity index (χ1) is 13.5. The first-order valence-electron chi connectivity index (χ1n) is 8.27. The first kappa shape index (κ1) is 20.4. The van der Waals surface area contributed by atoms with Crippen LogP contribution in [0.15, 0.2) is 76.3 Å². The van der Waals surface area contributed by atoms with Gasteiger partial charge in [-0.25, -0.2) is 5.43 Å². The van der Waals surface area contributed by atoms with Gasteiger partial charge in [-0.3, -0.25) is 4.79 Å². The fourth-order valence-electron chi connectivity index (χ4n) is 2.33. The van der Waals surface area contributed by atoms with E-state index in [9.17, 15) is 4.79 Å². The summed E-state index contributed by atoms with van der Waals surface area (Å²) in [5.41, 5.74) is 4.65. The van der Waals surface area contributed by atoms with Crippen molar-refractivity contribution in [2.45, 2.75) is 6.61 Å². The number of hydrogen-bond acceptors (Lipinski definition) is 3. The standard InChI is InChI=1S/C21H15BrCl2N2O2/c22-18-11-15(12-25-26-21(27)17-3-1-2-4-19(17)24)7-10-20(18)28-13-14-5-8-16(23)9-6-14/h1-12H,13H2,(H,26,27)/b25-12-. The highest BCUT2D eigenvalue weighted by Gasteiger charge is 2.08. The summed E-state index contributed by atoms with van der Waals surface area (Å²) >= 11 is 15.4. The third kappa shape index (κ3) is 5.58. The van der Waals surface area contributed by atoms with E-state index in [1.807, 2.05) is 42.5 Å². The van der Waals surface area contributed by atoms with Crippen LogP contribution in [0.1, 0.15) is 21.5 Å². The molecule has 3 rings (SSSR count). The number of rotatable bonds is 6. The second kappa shape index (κ2) is 9.73. The van der Waals surface area contributed by atoms with Crippen LogP contribution in [0, 0.1) is 0 Å². The van der Waals surface area contributed by atoms with Crippen LogP contribution in [-0.4, -0.2) is 12.1 Å². The Balaban J connectivity index is 1.59. The van der Waals surface area contributed by atoms with Crippen LogP contribution in [-0.2, 0) is 6.61 Å². The Kier molecular flexibility index (Phi) is 7.09. The molecule has 0 unspecified atom stereocenters. The zero-order valence-electron chi connectivity index (χ0n) is 14.5. The van der Waals surface area contributed by atoms with Crippen LogP contribution in [0.2, 0.25) is 10.0 Å².